The molecular weight excluding hydrogens is 249 g/mol. The van der Waals surface area contributed by atoms with Gasteiger partial charge in [0.1, 0.15) is 5.92 Å². The summed E-state index contributed by atoms with van der Waals surface area (Å²) in [5.74, 6) is -2.74. The van der Waals surface area contributed by atoms with E-state index in [4.69, 9.17) is 0 Å². The number of carbonyl (C=O) groups is 2. The zero-order chi connectivity index (χ0) is 13.3. The molecule has 6 heteroatoms. The summed E-state index contributed by atoms with van der Waals surface area (Å²) in [6.07, 6.45) is -4.48. The van der Waals surface area contributed by atoms with Gasteiger partial charge in [-0.1, -0.05) is 24.3 Å². The third kappa shape index (κ3) is 2.52. The molecule has 1 aromatic carbocycles. The van der Waals surface area contributed by atoms with Crippen molar-refractivity contribution in [1.82, 2.24) is 0 Å². The molecule has 0 heterocycles. The van der Waals surface area contributed by atoms with E-state index in [9.17, 15) is 22.8 Å². The molecule has 0 aliphatic heterocycles. The molecule has 96 valence electrons. The van der Waals surface area contributed by atoms with Crippen molar-refractivity contribution in [3.05, 3.63) is 35.4 Å². The number of hydrogen-bond acceptors (Lipinski definition) is 3. The lowest BCUT2D eigenvalue weighted by atomic mass is 10.1. The predicted molar refractivity (Wildman–Crippen MR) is 55.0 cm³/mol. The zero-order valence-electron chi connectivity index (χ0n) is 9.16. The van der Waals surface area contributed by atoms with E-state index in [1.165, 1.54) is 0 Å². The Hall–Kier alpha value is -1.85. The maximum absolute atomic E-state index is 11.9. The smallest absolute Gasteiger partial charge is 0.422 e. The molecule has 3 nitrogen and oxygen atoms in total. The van der Waals surface area contributed by atoms with Gasteiger partial charge in [-0.2, -0.15) is 13.2 Å². The van der Waals surface area contributed by atoms with Crippen molar-refractivity contribution in [2.45, 2.75) is 12.6 Å². The Balaban J connectivity index is 2.05. The lowest BCUT2D eigenvalue weighted by Crippen LogP contribution is -2.28. The summed E-state index contributed by atoms with van der Waals surface area (Å²) in [5, 5.41) is 0. The van der Waals surface area contributed by atoms with Crippen LogP contribution in [0, 0.1) is 5.92 Å². The quantitative estimate of drug-likeness (QED) is 0.603. The summed E-state index contributed by atoms with van der Waals surface area (Å²) >= 11 is 0. The maximum Gasteiger partial charge on any atom is 0.422 e. The van der Waals surface area contributed by atoms with Gasteiger partial charge in [-0.25, -0.2) is 0 Å². The Kier molecular flexibility index (Phi) is 3.11. The molecular formula is C12H9F3O3. The minimum atomic E-state index is -4.58. The van der Waals surface area contributed by atoms with E-state index in [0.29, 0.717) is 11.1 Å². The number of alkyl halides is 3. The van der Waals surface area contributed by atoms with Crippen molar-refractivity contribution in [2.24, 2.45) is 5.92 Å². The molecule has 18 heavy (non-hydrogen) atoms. The first kappa shape index (κ1) is 12.6. The van der Waals surface area contributed by atoms with Crippen molar-refractivity contribution < 1.29 is 27.5 Å². The lowest BCUT2D eigenvalue weighted by molar-refractivity contribution is -0.188. The first-order valence-corrected chi connectivity index (χ1v) is 5.24. The van der Waals surface area contributed by atoms with Crippen LogP contribution >= 0.6 is 0 Å². The molecule has 0 spiro atoms. The first-order chi connectivity index (χ1) is 8.38. The second-order valence-corrected chi connectivity index (χ2v) is 4.00. The topological polar surface area (TPSA) is 43.4 Å². The van der Waals surface area contributed by atoms with Crippen molar-refractivity contribution in [3.8, 4) is 0 Å². The highest BCUT2D eigenvalue weighted by molar-refractivity contribution is 6.12. The van der Waals surface area contributed by atoms with Crippen LogP contribution in [0.2, 0.25) is 0 Å². The molecule has 0 amide bonds. The Morgan fingerprint density at radius 1 is 1.33 bits per heavy atom. The molecule has 0 N–H and O–H groups in total. The standard InChI is InChI=1S/C12H9F3O3/c13-12(14,15)6-18-11(17)9-5-7-3-1-2-4-8(7)10(9)16/h1-4,9H,5-6H2. The van der Waals surface area contributed by atoms with Crippen LogP contribution in [0.25, 0.3) is 0 Å². The van der Waals surface area contributed by atoms with Gasteiger partial charge in [-0.15, -0.1) is 0 Å². The van der Waals surface area contributed by atoms with Gasteiger partial charge in [0.15, 0.2) is 12.4 Å². The van der Waals surface area contributed by atoms with Gasteiger partial charge in [0.25, 0.3) is 0 Å². The average molecular weight is 258 g/mol. The van der Waals surface area contributed by atoms with Crippen LogP contribution in [0.15, 0.2) is 24.3 Å². The SMILES string of the molecule is O=C(OCC(F)(F)F)C1Cc2ccccc2C1=O. The summed E-state index contributed by atoms with van der Waals surface area (Å²) in [5.41, 5.74) is 1.04. The number of carbonyl (C=O) groups excluding carboxylic acids is 2. The van der Waals surface area contributed by atoms with Crippen LogP contribution in [0.4, 0.5) is 13.2 Å². The van der Waals surface area contributed by atoms with Gasteiger partial charge < -0.3 is 4.74 Å². The summed E-state index contributed by atoms with van der Waals surface area (Å²) in [4.78, 5) is 23.2. The van der Waals surface area contributed by atoms with Crippen LogP contribution in [-0.4, -0.2) is 24.5 Å². The molecule has 1 unspecified atom stereocenters. The van der Waals surface area contributed by atoms with E-state index < -0.39 is 30.5 Å². The van der Waals surface area contributed by atoms with E-state index in [-0.39, 0.29) is 6.42 Å². The van der Waals surface area contributed by atoms with Crippen LogP contribution in [0.1, 0.15) is 15.9 Å². The van der Waals surface area contributed by atoms with E-state index in [0.717, 1.165) is 0 Å². The van der Waals surface area contributed by atoms with Crippen molar-refractivity contribution in [3.63, 3.8) is 0 Å². The van der Waals surface area contributed by atoms with Gasteiger partial charge in [0.05, 0.1) is 0 Å². The van der Waals surface area contributed by atoms with E-state index in [1.807, 2.05) is 0 Å². The number of hydrogen-bond donors (Lipinski definition) is 0. The molecule has 0 saturated heterocycles. The minimum Gasteiger partial charge on any atom is -0.455 e. The number of halogens is 3. The number of benzene rings is 1. The number of fused-ring (bicyclic) bond motifs is 1. The van der Waals surface area contributed by atoms with Gasteiger partial charge >= 0.3 is 12.1 Å². The zero-order valence-corrected chi connectivity index (χ0v) is 9.16. The molecule has 1 aliphatic carbocycles. The van der Waals surface area contributed by atoms with Gasteiger partial charge in [0.2, 0.25) is 0 Å². The van der Waals surface area contributed by atoms with Crippen LogP contribution < -0.4 is 0 Å². The fourth-order valence-electron chi connectivity index (χ4n) is 1.88. The molecule has 0 fully saturated rings. The molecule has 0 aromatic heterocycles. The number of esters is 1. The second kappa shape index (κ2) is 4.44. The highest BCUT2D eigenvalue weighted by atomic mass is 19.4. The van der Waals surface area contributed by atoms with Crippen molar-refractivity contribution in [2.75, 3.05) is 6.61 Å². The summed E-state index contributed by atoms with van der Waals surface area (Å²) < 4.78 is 39.8. The Morgan fingerprint density at radius 2 is 2.00 bits per heavy atom. The molecule has 0 bridgehead atoms. The summed E-state index contributed by atoms with van der Waals surface area (Å²) in [7, 11) is 0. The Bertz CT molecular complexity index is 494. The Labute approximate surface area is 101 Å². The molecule has 1 aromatic rings. The first-order valence-electron chi connectivity index (χ1n) is 5.24. The number of Topliss-reactive ketones (excluding diaryl/α,β-unsaturated/α-hetero) is 1. The van der Waals surface area contributed by atoms with Gasteiger partial charge in [0, 0.05) is 5.56 Å². The van der Waals surface area contributed by atoms with Gasteiger partial charge in [-0.05, 0) is 12.0 Å². The fourth-order valence-corrected chi connectivity index (χ4v) is 1.88. The maximum atomic E-state index is 11.9. The van der Waals surface area contributed by atoms with E-state index in [2.05, 4.69) is 4.74 Å². The predicted octanol–water partition coefficient (Wildman–Crippen LogP) is 2.15. The summed E-state index contributed by atoms with van der Waals surface area (Å²) in [6, 6.07) is 6.56. The monoisotopic (exact) mass is 258 g/mol. The van der Waals surface area contributed by atoms with Crippen molar-refractivity contribution in [1.29, 1.82) is 0 Å². The third-order valence-electron chi connectivity index (χ3n) is 2.69. The van der Waals surface area contributed by atoms with Crippen LogP contribution in [0.3, 0.4) is 0 Å². The minimum absolute atomic E-state index is 0.103. The highest BCUT2D eigenvalue weighted by Gasteiger charge is 2.38. The fraction of sp³-hybridized carbons (Fsp3) is 0.333. The molecule has 2 rings (SSSR count). The van der Waals surface area contributed by atoms with Crippen molar-refractivity contribution >= 4 is 11.8 Å². The Morgan fingerprint density at radius 3 is 2.61 bits per heavy atom. The largest absolute Gasteiger partial charge is 0.455 e. The average Bonchev–Trinajstić information content (AvgIpc) is 2.64. The number of ketones is 1. The lowest BCUT2D eigenvalue weighted by Gasteiger charge is -2.10. The molecule has 1 aliphatic rings. The van der Waals surface area contributed by atoms with Gasteiger partial charge in [-0.3, -0.25) is 9.59 Å². The normalized spacial score (nSPS) is 18.6. The van der Waals surface area contributed by atoms with Crippen LogP contribution in [-0.2, 0) is 16.0 Å². The number of ether oxygens (including phenoxy) is 1. The van der Waals surface area contributed by atoms with E-state index >= 15 is 0 Å². The second-order valence-electron chi connectivity index (χ2n) is 4.00. The third-order valence-corrected chi connectivity index (χ3v) is 2.69. The molecule has 0 saturated carbocycles. The highest BCUT2D eigenvalue weighted by Crippen LogP contribution is 2.28. The summed E-state index contributed by atoms with van der Waals surface area (Å²) in [6.45, 7) is -1.66. The van der Waals surface area contributed by atoms with Crippen LogP contribution in [0.5, 0.6) is 0 Å². The van der Waals surface area contributed by atoms with E-state index in [1.54, 1.807) is 24.3 Å². The molecule has 1 atom stereocenters. The number of rotatable bonds is 2. The molecule has 0 radical (unpaired) electrons.